The molecule has 1 aliphatic heterocycles. The van der Waals surface area contributed by atoms with Gasteiger partial charge in [0.2, 0.25) is 0 Å². The molecule has 1 heterocycles. The highest BCUT2D eigenvalue weighted by Gasteiger charge is 2.25. The number of hydrogen-bond acceptors (Lipinski definition) is 5. The van der Waals surface area contributed by atoms with Crippen LogP contribution in [0.5, 0.6) is 0 Å². The Hall–Kier alpha value is -2.37. The van der Waals surface area contributed by atoms with Gasteiger partial charge in [-0.15, -0.1) is 0 Å². The summed E-state index contributed by atoms with van der Waals surface area (Å²) in [4.78, 5) is 17.6. The molecule has 3 rings (SSSR count). The number of nitrogens with zero attached hydrogens (tertiary/aromatic N) is 2. The topological polar surface area (TPSA) is 42.0 Å². The van der Waals surface area contributed by atoms with Gasteiger partial charge in [0, 0.05) is 38.0 Å². The molecule has 0 aromatic heterocycles. The monoisotopic (exact) mass is 466 g/mol. The van der Waals surface area contributed by atoms with E-state index in [1.165, 1.54) is 25.5 Å². The molecule has 0 bridgehead atoms. The van der Waals surface area contributed by atoms with E-state index in [0.717, 1.165) is 74.6 Å². The number of carbonyl (C=O) groups excluding carboxylic acids is 1. The minimum Gasteiger partial charge on any atom is -0.465 e. The molecule has 34 heavy (non-hydrogen) atoms. The van der Waals surface area contributed by atoms with E-state index in [1.54, 1.807) is 0 Å². The molecular weight excluding hydrogens is 424 g/mol. The van der Waals surface area contributed by atoms with Gasteiger partial charge >= 0.3 is 5.97 Å². The first-order chi connectivity index (χ1) is 16.5. The van der Waals surface area contributed by atoms with E-state index in [0.29, 0.717) is 11.6 Å². The van der Waals surface area contributed by atoms with Crippen molar-refractivity contribution in [3.63, 3.8) is 0 Å². The lowest BCUT2D eigenvalue weighted by atomic mass is 9.95. The third kappa shape index (κ3) is 6.39. The average molecular weight is 467 g/mol. The molecule has 2 aromatic carbocycles. The SMILES string of the molecule is CCCN(CCC)Cc1ccc(-c2cc(C(=O)OC)c(C)c(N(CC)C3CCOCC3)c2)cc1. The third-order valence-corrected chi connectivity index (χ3v) is 6.84. The van der Waals surface area contributed by atoms with Crippen molar-refractivity contribution in [3.8, 4) is 11.1 Å². The second kappa shape index (κ2) is 12.9. The Morgan fingerprint density at radius 1 is 1.00 bits per heavy atom. The van der Waals surface area contributed by atoms with Crippen LogP contribution in [0.3, 0.4) is 0 Å². The first kappa shape index (κ1) is 26.2. The van der Waals surface area contributed by atoms with Crippen molar-refractivity contribution in [2.24, 2.45) is 0 Å². The maximum atomic E-state index is 12.7. The molecule has 0 atom stereocenters. The molecule has 0 unspecified atom stereocenters. The molecule has 0 aliphatic carbocycles. The lowest BCUT2D eigenvalue weighted by molar-refractivity contribution is 0.0599. The Morgan fingerprint density at radius 3 is 2.21 bits per heavy atom. The second-order valence-corrected chi connectivity index (χ2v) is 9.26. The van der Waals surface area contributed by atoms with Crippen LogP contribution in [0, 0.1) is 6.92 Å². The highest BCUT2D eigenvalue weighted by molar-refractivity contribution is 5.95. The molecule has 2 aromatic rings. The van der Waals surface area contributed by atoms with Crippen molar-refractivity contribution in [2.45, 2.75) is 66.0 Å². The van der Waals surface area contributed by atoms with Gasteiger partial charge in [0.1, 0.15) is 0 Å². The van der Waals surface area contributed by atoms with Gasteiger partial charge in [-0.3, -0.25) is 4.90 Å². The Balaban J connectivity index is 1.95. The van der Waals surface area contributed by atoms with Crippen molar-refractivity contribution in [1.29, 1.82) is 0 Å². The van der Waals surface area contributed by atoms with Crippen LogP contribution in [0.1, 0.15) is 67.9 Å². The van der Waals surface area contributed by atoms with Gasteiger partial charge in [-0.25, -0.2) is 4.79 Å². The molecule has 0 N–H and O–H groups in total. The number of benzene rings is 2. The second-order valence-electron chi connectivity index (χ2n) is 9.26. The molecule has 1 saturated heterocycles. The van der Waals surface area contributed by atoms with Crippen LogP contribution in [0.4, 0.5) is 5.69 Å². The average Bonchev–Trinajstić information content (AvgIpc) is 2.86. The van der Waals surface area contributed by atoms with E-state index >= 15 is 0 Å². The van der Waals surface area contributed by atoms with E-state index in [-0.39, 0.29) is 5.97 Å². The van der Waals surface area contributed by atoms with Gasteiger partial charge in [0.15, 0.2) is 0 Å². The number of methoxy groups -OCH3 is 1. The van der Waals surface area contributed by atoms with Gasteiger partial charge in [-0.1, -0.05) is 38.1 Å². The standard InChI is InChI=1S/C29H42N2O3/c1-6-15-30(16-7-2)21-23-9-11-24(12-10-23)25-19-27(29(32)33-5)22(4)28(20-25)31(8-3)26-13-17-34-18-14-26/h9-12,19-20,26H,6-8,13-18,21H2,1-5H3. The maximum Gasteiger partial charge on any atom is 0.338 e. The van der Waals surface area contributed by atoms with E-state index in [2.05, 4.69) is 60.9 Å². The number of anilines is 1. The number of rotatable bonds is 11. The Kier molecular flexibility index (Phi) is 9.97. The zero-order valence-electron chi connectivity index (χ0n) is 21.7. The fraction of sp³-hybridized carbons (Fsp3) is 0.552. The van der Waals surface area contributed by atoms with Gasteiger partial charge in [-0.2, -0.15) is 0 Å². The maximum absolute atomic E-state index is 12.7. The largest absolute Gasteiger partial charge is 0.465 e. The molecule has 5 nitrogen and oxygen atoms in total. The van der Waals surface area contributed by atoms with E-state index in [9.17, 15) is 4.79 Å². The minimum atomic E-state index is -0.282. The number of esters is 1. The van der Waals surface area contributed by atoms with E-state index in [1.807, 2.05) is 13.0 Å². The van der Waals surface area contributed by atoms with Crippen molar-refractivity contribution in [2.75, 3.05) is 44.9 Å². The van der Waals surface area contributed by atoms with Crippen molar-refractivity contribution in [1.82, 2.24) is 4.90 Å². The molecule has 1 fully saturated rings. The van der Waals surface area contributed by atoms with Gasteiger partial charge < -0.3 is 14.4 Å². The molecule has 5 heteroatoms. The van der Waals surface area contributed by atoms with Crippen LogP contribution in [0.2, 0.25) is 0 Å². The molecule has 1 aliphatic rings. The summed E-state index contributed by atoms with van der Waals surface area (Å²) in [5.41, 5.74) is 6.24. The highest BCUT2D eigenvalue weighted by Crippen LogP contribution is 2.34. The fourth-order valence-corrected chi connectivity index (χ4v) is 5.07. The minimum absolute atomic E-state index is 0.282. The van der Waals surface area contributed by atoms with Crippen LogP contribution < -0.4 is 4.90 Å². The van der Waals surface area contributed by atoms with Crippen LogP contribution in [-0.4, -0.2) is 56.9 Å². The smallest absolute Gasteiger partial charge is 0.338 e. The van der Waals surface area contributed by atoms with E-state index < -0.39 is 0 Å². The van der Waals surface area contributed by atoms with Crippen LogP contribution in [0.25, 0.3) is 11.1 Å². The molecular formula is C29H42N2O3. The number of hydrogen-bond donors (Lipinski definition) is 0. The van der Waals surface area contributed by atoms with Gasteiger partial charge in [0.25, 0.3) is 0 Å². The Bertz CT molecular complexity index is 914. The summed E-state index contributed by atoms with van der Waals surface area (Å²) in [7, 11) is 1.46. The quantitative estimate of drug-likeness (QED) is 0.376. The van der Waals surface area contributed by atoms with Crippen LogP contribution >= 0.6 is 0 Å². The molecule has 186 valence electrons. The van der Waals surface area contributed by atoms with Crippen molar-refractivity contribution >= 4 is 11.7 Å². The van der Waals surface area contributed by atoms with Crippen LogP contribution in [-0.2, 0) is 16.0 Å². The summed E-state index contributed by atoms with van der Waals surface area (Å²) in [5.74, 6) is -0.282. The Labute approximate surface area is 206 Å². The summed E-state index contributed by atoms with van der Waals surface area (Å²) in [6.07, 6.45) is 4.35. The summed E-state index contributed by atoms with van der Waals surface area (Å²) in [6.45, 7) is 14.4. The number of ether oxygens (including phenoxy) is 2. The molecule has 0 spiro atoms. The lowest BCUT2D eigenvalue weighted by Crippen LogP contribution is -2.40. The van der Waals surface area contributed by atoms with E-state index in [4.69, 9.17) is 9.47 Å². The predicted octanol–water partition coefficient (Wildman–Crippen LogP) is 6.08. The summed E-state index contributed by atoms with van der Waals surface area (Å²) in [6, 6.07) is 13.5. The summed E-state index contributed by atoms with van der Waals surface area (Å²) < 4.78 is 10.7. The fourth-order valence-electron chi connectivity index (χ4n) is 5.07. The predicted molar refractivity (Wildman–Crippen MR) is 141 cm³/mol. The van der Waals surface area contributed by atoms with Crippen LogP contribution in [0.15, 0.2) is 36.4 Å². The number of carbonyl (C=O) groups is 1. The zero-order valence-corrected chi connectivity index (χ0v) is 21.7. The lowest BCUT2D eigenvalue weighted by Gasteiger charge is -2.37. The summed E-state index contributed by atoms with van der Waals surface area (Å²) in [5, 5.41) is 0. The van der Waals surface area contributed by atoms with Crippen molar-refractivity contribution in [3.05, 3.63) is 53.1 Å². The summed E-state index contributed by atoms with van der Waals surface area (Å²) >= 11 is 0. The Morgan fingerprint density at radius 2 is 1.65 bits per heavy atom. The molecule has 0 radical (unpaired) electrons. The highest BCUT2D eigenvalue weighted by atomic mass is 16.5. The van der Waals surface area contributed by atoms with Gasteiger partial charge in [-0.05, 0) is 87.0 Å². The van der Waals surface area contributed by atoms with Crippen molar-refractivity contribution < 1.29 is 14.3 Å². The van der Waals surface area contributed by atoms with Gasteiger partial charge in [0.05, 0.1) is 12.7 Å². The molecule has 0 amide bonds. The third-order valence-electron chi connectivity index (χ3n) is 6.84. The first-order valence-corrected chi connectivity index (χ1v) is 12.9. The first-order valence-electron chi connectivity index (χ1n) is 12.9. The molecule has 0 saturated carbocycles. The normalized spacial score (nSPS) is 14.4. The zero-order chi connectivity index (χ0) is 24.5.